The van der Waals surface area contributed by atoms with E-state index in [1.54, 1.807) is 0 Å². The van der Waals surface area contributed by atoms with Gasteiger partial charge in [-0.25, -0.2) is 4.98 Å². The minimum atomic E-state index is -0.683. The first-order valence-corrected chi connectivity index (χ1v) is 10.1. The first-order chi connectivity index (χ1) is 14.1. The van der Waals surface area contributed by atoms with Crippen LogP contribution in [0.1, 0.15) is 12.8 Å². The number of fused-ring (bicyclic) bond motifs is 1. The monoisotopic (exact) mass is 413 g/mol. The average molecular weight is 414 g/mol. The number of benzene rings is 2. The maximum Gasteiger partial charge on any atom is 0.157 e. The van der Waals surface area contributed by atoms with E-state index in [9.17, 15) is 5.11 Å². The Balaban J connectivity index is 1.27. The van der Waals surface area contributed by atoms with Crippen molar-refractivity contribution < 1.29 is 19.3 Å². The summed E-state index contributed by atoms with van der Waals surface area (Å²) >= 11 is 6.27. The van der Waals surface area contributed by atoms with E-state index < -0.39 is 6.29 Å². The van der Waals surface area contributed by atoms with Crippen LogP contribution in [0, 0.1) is 5.92 Å². The fourth-order valence-electron chi connectivity index (χ4n) is 3.54. The van der Waals surface area contributed by atoms with Crippen molar-refractivity contribution in [1.82, 2.24) is 4.98 Å². The van der Waals surface area contributed by atoms with Crippen LogP contribution >= 0.6 is 11.6 Å². The standard InChI is InChI=1S/C23H24ClNO4/c1-27-23(26)17-13-19(14-17)29-12-11-28-18-8-5-15(6-9-18)21-10-7-16-3-2-4-20(24)22(16)25-21/h2-10,17,19,23,26H,11-14H2,1H3. The number of para-hydroxylation sites is 1. The van der Waals surface area contributed by atoms with Crippen molar-refractivity contribution in [2.45, 2.75) is 25.2 Å². The van der Waals surface area contributed by atoms with Crippen LogP contribution in [0.5, 0.6) is 5.75 Å². The molecule has 0 aliphatic heterocycles. The molecule has 6 heteroatoms. The highest BCUT2D eigenvalue weighted by molar-refractivity contribution is 6.35. The third kappa shape index (κ3) is 4.70. The van der Waals surface area contributed by atoms with E-state index in [0.29, 0.717) is 18.2 Å². The lowest BCUT2D eigenvalue weighted by Crippen LogP contribution is -2.40. The van der Waals surface area contributed by atoms with E-state index in [1.807, 2.05) is 54.6 Å². The number of aromatic nitrogens is 1. The van der Waals surface area contributed by atoms with Gasteiger partial charge < -0.3 is 19.3 Å². The second kappa shape index (κ2) is 9.09. The summed E-state index contributed by atoms with van der Waals surface area (Å²) in [6.07, 6.45) is 1.15. The Hall–Kier alpha value is -2.18. The predicted octanol–water partition coefficient (Wildman–Crippen LogP) is 4.69. The van der Waals surface area contributed by atoms with Gasteiger partial charge in [-0.3, -0.25) is 0 Å². The van der Waals surface area contributed by atoms with Crippen molar-refractivity contribution >= 4 is 22.5 Å². The SMILES string of the molecule is COC(O)C1CC(OCCOc2ccc(-c3ccc4cccc(Cl)c4n3)cc2)C1. The molecule has 1 heterocycles. The van der Waals surface area contributed by atoms with Crippen LogP contribution in [0.25, 0.3) is 22.2 Å². The molecule has 0 radical (unpaired) electrons. The molecule has 0 bridgehead atoms. The van der Waals surface area contributed by atoms with Gasteiger partial charge in [-0.2, -0.15) is 0 Å². The Morgan fingerprint density at radius 1 is 1.07 bits per heavy atom. The number of methoxy groups -OCH3 is 1. The van der Waals surface area contributed by atoms with Gasteiger partial charge in [0.2, 0.25) is 0 Å². The van der Waals surface area contributed by atoms with Crippen LogP contribution in [0.2, 0.25) is 5.02 Å². The molecule has 0 amide bonds. The maximum absolute atomic E-state index is 9.57. The molecule has 29 heavy (non-hydrogen) atoms. The third-order valence-corrected chi connectivity index (χ3v) is 5.61. The lowest BCUT2D eigenvalue weighted by atomic mass is 9.82. The molecular weight excluding hydrogens is 390 g/mol. The maximum atomic E-state index is 9.57. The normalized spacial score (nSPS) is 19.7. The molecule has 2 aromatic carbocycles. The van der Waals surface area contributed by atoms with Gasteiger partial charge in [0.1, 0.15) is 12.4 Å². The molecule has 1 fully saturated rings. The zero-order valence-electron chi connectivity index (χ0n) is 16.3. The van der Waals surface area contributed by atoms with Crippen molar-refractivity contribution in [2.24, 2.45) is 5.92 Å². The number of rotatable bonds is 8. The van der Waals surface area contributed by atoms with E-state index in [4.69, 9.17) is 30.8 Å². The van der Waals surface area contributed by atoms with Gasteiger partial charge in [0, 0.05) is 24.0 Å². The van der Waals surface area contributed by atoms with Gasteiger partial charge in [-0.15, -0.1) is 0 Å². The first-order valence-electron chi connectivity index (χ1n) is 9.75. The summed E-state index contributed by atoms with van der Waals surface area (Å²) in [6, 6.07) is 17.6. The van der Waals surface area contributed by atoms with E-state index in [1.165, 1.54) is 7.11 Å². The fourth-order valence-corrected chi connectivity index (χ4v) is 3.76. The van der Waals surface area contributed by atoms with Crippen molar-refractivity contribution in [3.05, 3.63) is 59.6 Å². The van der Waals surface area contributed by atoms with E-state index in [0.717, 1.165) is 40.8 Å². The Labute approximate surface area is 175 Å². The molecule has 3 aromatic rings. The molecule has 1 aliphatic carbocycles. The minimum Gasteiger partial charge on any atom is -0.491 e. The van der Waals surface area contributed by atoms with Crippen LogP contribution in [-0.2, 0) is 9.47 Å². The topological polar surface area (TPSA) is 60.8 Å². The van der Waals surface area contributed by atoms with E-state index in [-0.39, 0.29) is 12.0 Å². The summed E-state index contributed by atoms with van der Waals surface area (Å²) in [5.74, 6) is 0.967. The second-order valence-electron chi connectivity index (χ2n) is 7.23. The van der Waals surface area contributed by atoms with Crippen molar-refractivity contribution in [1.29, 1.82) is 0 Å². The lowest BCUT2D eigenvalue weighted by Gasteiger charge is -2.37. The number of ether oxygens (including phenoxy) is 3. The lowest BCUT2D eigenvalue weighted by molar-refractivity contribution is -0.166. The van der Waals surface area contributed by atoms with Crippen LogP contribution in [0.4, 0.5) is 0 Å². The Kier molecular flexibility index (Phi) is 6.31. The van der Waals surface area contributed by atoms with Gasteiger partial charge in [0.15, 0.2) is 6.29 Å². The highest BCUT2D eigenvalue weighted by atomic mass is 35.5. The molecule has 0 spiro atoms. The Morgan fingerprint density at radius 3 is 2.62 bits per heavy atom. The van der Waals surface area contributed by atoms with Gasteiger partial charge >= 0.3 is 0 Å². The molecule has 1 aromatic heterocycles. The quantitative estimate of drug-likeness (QED) is 0.428. The largest absolute Gasteiger partial charge is 0.491 e. The summed E-state index contributed by atoms with van der Waals surface area (Å²) in [7, 11) is 1.52. The molecule has 1 unspecified atom stereocenters. The smallest absolute Gasteiger partial charge is 0.157 e. The highest BCUT2D eigenvalue weighted by Gasteiger charge is 2.35. The molecule has 152 valence electrons. The van der Waals surface area contributed by atoms with Gasteiger partial charge in [0.25, 0.3) is 0 Å². The zero-order chi connectivity index (χ0) is 20.2. The molecule has 0 saturated heterocycles. The van der Waals surface area contributed by atoms with Crippen molar-refractivity contribution in [3.8, 4) is 17.0 Å². The molecule has 1 aliphatic rings. The van der Waals surface area contributed by atoms with Gasteiger partial charge in [-0.05, 0) is 49.2 Å². The third-order valence-electron chi connectivity index (χ3n) is 5.30. The summed E-state index contributed by atoms with van der Waals surface area (Å²) in [6.45, 7) is 1.00. The molecule has 1 saturated carbocycles. The van der Waals surface area contributed by atoms with Crippen molar-refractivity contribution in [2.75, 3.05) is 20.3 Å². The van der Waals surface area contributed by atoms with Crippen LogP contribution in [0.15, 0.2) is 54.6 Å². The number of hydrogen-bond acceptors (Lipinski definition) is 5. The number of hydrogen-bond donors (Lipinski definition) is 1. The van der Waals surface area contributed by atoms with Gasteiger partial charge in [0.05, 0.1) is 28.9 Å². The fraction of sp³-hybridized carbons (Fsp3) is 0.348. The number of halogens is 1. The van der Waals surface area contributed by atoms with E-state index in [2.05, 4.69) is 0 Å². The van der Waals surface area contributed by atoms with Crippen LogP contribution in [-0.4, -0.2) is 42.8 Å². The molecular formula is C23H24ClNO4. The second-order valence-corrected chi connectivity index (χ2v) is 7.64. The average Bonchev–Trinajstić information content (AvgIpc) is 2.72. The summed E-state index contributed by atoms with van der Waals surface area (Å²) in [4.78, 5) is 4.69. The molecule has 5 nitrogen and oxygen atoms in total. The van der Waals surface area contributed by atoms with Crippen molar-refractivity contribution in [3.63, 3.8) is 0 Å². The summed E-state index contributed by atoms with van der Waals surface area (Å²) < 4.78 is 16.4. The summed E-state index contributed by atoms with van der Waals surface area (Å²) in [5.41, 5.74) is 2.69. The first kappa shape index (κ1) is 20.1. The van der Waals surface area contributed by atoms with E-state index >= 15 is 0 Å². The number of aliphatic hydroxyl groups excluding tert-OH is 1. The predicted molar refractivity (Wildman–Crippen MR) is 113 cm³/mol. The highest BCUT2D eigenvalue weighted by Crippen LogP contribution is 2.33. The Bertz CT molecular complexity index is 957. The van der Waals surface area contributed by atoms with Crippen LogP contribution in [0.3, 0.4) is 0 Å². The minimum absolute atomic E-state index is 0.178. The van der Waals surface area contributed by atoms with Gasteiger partial charge in [-0.1, -0.05) is 29.8 Å². The molecule has 1 N–H and O–H groups in total. The number of aliphatic hydroxyl groups is 1. The number of pyridine rings is 1. The molecule has 4 rings (SSSR count). The zero-order valence-corrected chi connectivity index (χ0v) is 17.0. The Morgan fingerprint density at radius 2 is 1.86 bits per heavy atom. The summed E-state index contributed by atoms with van der Waals surface area (Å²) in [5, 5.41) is 11.2. The number of nitrogens with zero attached hydrogens (tertiary/aromatic N) is 1. The van der Waals surface area contributed by atoms with Crippen LogP contribution < -0.4 is 4.74 Å². The molecule has 1 atom stereocenters.